The Bertz CT molecular complexity index is 820. The van der Waals surface area contributed by atoms with Gasteiger partial charge in [0.25, 0.3) is 0 Å². The molecule has 0 radical (unpaired) electrons. The zero-order valence-corrected chi connectivity index (χ0v) is 14.8. The van der Waals surface area contributed by atoms with E-state index in [0.29, 0.717) is 15.4 Å². The fraction of sp³-hybridized carbons (Fsp3) is 0.167. The van der Waals surface area contributed by atoms with E-state index in [1.54, 1.807) is 43.3 Å². The van der Waals surface area contributed by atoms with Crippen LogP contribution in [-0.4, -0.2) is 32.1 Å². The number of carbonyl (C=O) groups is 3. The normalized spacial score (nSPS) is 10.5. The number of hydrogen-bond donors (Lipinski definition) is 1. The summed E-state index contributed by atoms with van der Waals surface area (Å²) in [6.45, 7) is 1.77. The summed E-state index contributed by atoms with van der Waals surface area (Å²) in [5.74, 6) is -1.17. The number of esters is 2. The molecule has 0 spiro atoms. The Morgan fingerprint density at radius 1 is 1.04 bits per heavy atom. The number of methoxy groups -OCH3 is 2. The van der Waals surface area contributed by atoms with Crippen LogP contribution in [0, 0.1) is 6.92 Å². The van der Waals surface area contributed by atoms with Crippen LogP contribution in [0.25, 0.3) is 6.08 Å². The maximum absolute atomic E-state index is 12.0. The molecule has 1 aromatic heterocycles. The van der Waals surface area contributed by atoms with Crippen molar-refractivity contribution < 1.29 is 23.9 Å². The number of hydrogen-bond acceptors (Lipinski definition) is 6. The molecular weight excluding hydrogens is 342 g/mol. The summed E-state index contributed by atoms with van der Waals surface area (Å²) >= 11 is 1.16. The number of amides is 1. The van der Waals surface area contributed by atoms with Gasteiger partial charge in [0.2, 0.25) is 5.91 Å². The van der Waals surface area contributed by atoms with Crippen molar-refractivity contribution in [3.8, 4) is 0 Å². The first kappa shape index (κ1) is 18.4. The van der Waals surface area contributed by atoms with E-state index >= 15 is 0 Å². The summed E-state index contributed by atoms with van der Waals surface area (Å²) in [6.07, 6.45) is 3.00. The fourth-order valence-corrected chi connectivity index (χ4v) is 3.02. The number of ether oxygens (including phenoxy) is 2. The lowest BCUT2D eigenvalue weighted by Crippen LogP contribution is -2.06. The van der Waals surface area contributed by atoms with Gasteiger partial charge in [-0.2, -0.15) is 0 Å². The molecule has 25 heavy (non-hydrogen) atoms. The van der Waals surface area contributed by atoms with Gasteiger partial charge in [0, 0.05) is 6.08 Å². The van der Waals surface area contributed by atoms with Gasteiger partial charge in [0.05, 0.1) is 24.8 Å². The van der Waals surface area contributed by atoms with E-state index in [4.69, 9.17) is 0 Å². The number of rotatable bonds is 5. The monoisotopic (exact) mass is 359 g/mol. The zero-order valence-electron chi connectivity index (χ0n) is 14.0. The van der Waals surface area contributed by atoms with Gasteiger partial charge < -0.3 is 14.8 Å². The molecule has 0 aliphatic heterocycles. The van der Waals surface area contributed by atoms with Crippen LogP contribution in [0.5, 0.6) is 0 Å². The maximum atomic E-state index is 12.0. The SMILES string of the molecule is COC(=O)c1ccc(/C=C/C(=O)Nc2cc(C)c(C(=O)OC)s2)cc1. The van der Waals surface area contributed by atoms with Crippen LogP contribution in [-0.2, 0) is 14.3 Å². The highest BCUT2D eigenvalue weighted by Crippen LogP contribution is 2.27. The molecule has 1 amide bonds. The minimum absolute atomic E-state index is 0.324. The Labute approximate surface area is 149 Å². The van der Waals surface area contributed by atoms with Crippen LogP contribution >= 0.6 is 11.3 Å². The Morgan fingerprint density at radius 3 is 2.28 bits per heavy atom. The minimum Gasteiger partial charge on any atom is -0.465 e. The predicted molar refractivity (Wildman–Crippen MR) is 95.8 cm³/mol. The highest BCUT2D eigenvalue weighted by Gasteiger charge is 2.14. The maximum Gasteiger partial charge on any atom is 0.348 e. The average Bonchev–Trinajstić information content (AvgIpc) is 2.99. The molecule has 1 aromatic carbocycles. The van der Waals surface area contributed by atoms with E-state index in [9.17, 15) is 14.4 Å². The molecule has 2 aromatic rings. The first-order valence-corrected chi connectivity index (χ1v) is 8.12. The van der Waals surface area contributed by atoms with Gasteiger partial charge in [-0.15, -0.1) is 11.3 Å². The van der Waals surface area contributed by atoms with Crippen molar-refractivity contribution >= 4 is 40.3 Å². The molecule has 1 heterocycles. The minimum atomic E-state index is -0.427. The Balaban J connectivity index is 2.01. The van der Waals surface area contributed by atoms with Gasteiger partial charge >= 0.3 is 11.9 Å². The Morgan fingerprint density at radius 2 is 1.68 bits per heavy atom. The standard InChI is InChI=1S/C18H17NO5S/c1-11-10-15(25-16(11)18(22)24-3)19-14(20)9-6-12-4-7-13(8-5-12)17(21)23-2/h4-10H,1-3H3,(H,19,20)/b9-6+. The molecule has 0 saturated heterocycles. The lowest BCUT2D eigenvalue weighted by molar-refractivity contribution is -0.111. The van der Waals surface area contributed by atoms with Crippen molar-refractivity contribution in [2.24, 2.45) is 0 Å². The van der Waals surface area contributed by atoms with Crippen molar-refractivity contribution in [3.63, 3.8) is 0 Å². The summed E-state index contributed by atoms with van der Waals surface area (Å²) in [4.78, 5) is 35.4. The highest BCUT2D eigenvalue weighted by molar-refractivity contribution is 7.18. The number of benzene rings is 1. The number of carbonyl (C=O) groups excluding carboxylic acids is 3. The van der Waals surface area contributed by atoms with Crippen LogP contribution in [0.1, 0.15) is 31.2 Å². The Hall–Kier alpha value is -2.93. The van der Waals surface area contributed by atoms with Gasteiger partial charge in [-0.1, -0.05) is 12.1 Å². The third kappa shape index (κ3) is 4.77. The third-order valence-corrected chi connectivity index (χ3v) is 4.43. The lowest BCUT2D eigenvalue weighted by atomic mass is 10.1. The molecular formula is C18H17NO5S. The van der Waals surface area contributed by atoms with E-state index in [0.717, 1.165) is 22.5 Å². The lowest BCUT2D eigenvalue weighted by Gasteiger charge is -2.00. The zero-order chi connectivity index (χ0) is 18.4. The first-order chi connectivity index (χ1) is 11.9. The molecule has 130 valence electrons. The number of aryl methyl sites for hydroxylation is 1. The first-order valence-electron chi connectivity index (χ1n) is 7.30. The van der Waals surface area contributed by atoms with Crippen molar-refractivity contribution in [1.29, 1.82) is 0 Å². The van der Waals surface area contributed by atoms with Crippen LogP contribution in [0.4, 0.5) is 5.00 Å². The number of anilines is 1. The van der Waals surface area contributed by atoms with Crippen LogP contribution in [0.15, 0.2) is 36.4 Å². The number of thiophene rings is 1. The van der Waals surface area contributed by atoms with E-state index < -0.39 is 11.9 Å². The molecule has 1 N–H and O–H groups in total. The third-order valence-electron chi connectivity index (χ3n) is 3.29. The Kier molecular flexibility index (Phi) is 6.08. The summed E-state index contributed by atoms with van der Waals surface area (Å²) < 4.78 is 9.31. The van der Waals surface area contributed by atoms with Crippen LogP contribution in [0.2, 0.25) is 0 Å². The van der Waals surface area contributed by atoms with Gasteiger partial charge in [0.15, 0.2) is 0 Å². The number of nitrogens with one attached hydrogen (secondary N) is 1. The summed E-state index contributed by atoms with van der Waals surface area (Å²) in [5, 5.41) is 3.27. The van der Waals surface area contributed by atoms with Crippen molar-refractivity contribution in [2.75, 3.05) is 19.5 Å². The average molecular weight is 359 g/mol. The van der Waals surface area contributed by atoms with E-state index in [1.165, 1.54) is 20.3 Å². The quantitative estimate of drug-likeness (QED) is 0.654. The van der Waals surface area contributed by atoms with Crippen LogP contribution in [0.3, 0.4) is 0 Å². The van der Waals surface area contributed by atoms with Gasteiger partial charge in [-0.25, -0.2) is 9.59 Å². The molecule has 0 aliphatic carbocycles. The van der Waals surface area contributed by atoms with Crippen molar-refractivity contribution in [3.05, 3.63) is 58.0 Å². The van der Waals surface area contributed by atoms with Crippen LogP contribution < -0.4 is 5.32 Å². The molecule has 0 atom stereocenters. The van der Waals surface area contributed by atoms with Gasteiger partial charge in [-0.3, -0.25) is 4.79 Å². The predicted octanol–water partition coefficient (Wildman–Crippen LogP) is 3.28. The topological polar surface area (TPSA) is 81.7 Å². The molecule has 0 fully saturated rings. The van der Waals surface area contributed by atoms with Gasteiger partial charge in [0.1, 0.15) is 4.88 Å². The molecule has 2 rings (SSSR count). The van der Waals surface area contributed by atoms with E-state index in [2.05, 4.69) is 14.8 Å². The molecule has 0 aliphatic rings. The summed E-state index contributed by atoms with van der Waals surface area (Å²) in [5.41, 5.74) is 1.95. The van der Waals surface area contributed by atoms with Gasteiger partial charge in [-0.05, 0) is 42.3 Å². The highest BCUT2D eigenvalue weighted by atomic mass is 32.1. The van der Waals surface area contributed by atoms with E-state index in [-0.39, 0.29) is 5.91 Å². The smallest absolute Gasteiger partial charge is 0.348 e. The molecule has 0 saturated carbocycles. The molecule has 0 unspecified atom stereocenters. The largest absolute Gasteiger partial charge is 0.465 e. The second kappa shape index (κ2) is 8.25. The molecule has 7 heteroatoms. The summed E-state index contributed by atoms with van der Waals surface area (Å²) in [7, 11) is 2.63. The van der Waals surface area contributed by atoms with E-state index in [1.807, 2.05) is 0 Å². The second-order valence-corrected chi connectivity index (χ2v) is 6.10. The van der Waals surface area contributed by atoms with Crippen molar-refractivity contribution in [1.82, 2.24) is 0 Å². The molecule has 6 nitrogen and oxygen atoms in total. The molecule has 0 bridgehead atoms. The second-order valence-electron chi connectivity index (χ2n) is 5.05. The van der Waals surface area contributed by atoms with Crippen molar-refractivity contribution in [2.45, 2.75) is 6.92 Å². The fourth-order valence-electron chi connectivity index (χ4n) is 2.02. The summed E-state index contributed by atoms with van der Waals surface area (Å²) in [6, 6.07) is 8.37.